The number of aromatic nitrogens is 1. The Morgan fingerprint density at radius 3 is 2.32 bits per heavy atom. The molecular weight excluding hydrogens is 238 g/mol. The van der Waals surface area contributed by atoms with Crippen LogP contribution in [-0.2, 0) is 0 Å². The minimum Gasteiger partial charge on any atom is -0.382 e. The van der Waals surface area contributed by atoms with Crippen molar-refractivity contribution in [2.24, 2.45) is 0 Å². The zero-order valence-electron chi connectivity index (χ0n) is 12.4. The largest absolute Gasteiger partial charge is 0.382 e. The fraction of sp³-hybridized carbons (Fsp3) is 0.600. The van der Waals surface area contributed by atoms with Gasteiger partial charge in [-0.1, -0.05) is 13.8 Å². The van der Waals surface area contributed by atoms with Gasteiger partial charge in [-0.05, 0) is 38.8 Å². The van der Waals surface area contributed by atoms with Crippen molar-refractivity contribution in [3.05, 3.63) is 24.0 Å². The van der Waals surface area contributed by atoms with Crippen LogP contribution in [0.2, 0.25) is 0 Å². The van der Waals surface area contributed by atoms with Gasteiger partial charge >= 0.3 is 0 Å². The minimum absolute atomic E-state index is 0.0276. The maximum atomic E-state index is 12.3. The summed E-state index contributed by atoms with van der Waals surface area (Å²) in [5.41, 5.74) is 1.47. The molecule has 1 aromatic rings. The molecule has 0 saturated carbocycles. The molecule has 0 aliphatic heterocycles. The summed E-state index contributed by atoms with van der Waals surface area (Å²) in [6.45, 7) is 9.89. The standard InChI is InChI=1S/C15H25N3O/c1-5-9-18(10-6-2)15(19)14-8-7-13(11-16-14)17-12(3)4/h7-8,11-12,17H,5-6,9-10H2,1-4H3. The van der Waals surface area contributed by atoms with Crippen LogP contribution >= 0.6 is 0 Å². The topological polar surface area (TPSA) is 45.2 Å². The molecule has 4 heteroatoms. The first-order valence-corrected chi connectivity index (χ1v) is 7.10. The molecule has 0 radical (unpaired) electrons. The Hall–Kier alpha value is -1.58. The number of anilines is 1. The second-order valence-electron chi connectivity index (χ2n) is 5.02. The minimum atomic E-state index is 0.0276. The van der Waals surface area contributed by atoms with Crippen LogP contribution in [0.1, 0.15) is 51.0 Å². The highest BCUT2D eigenvalue weighted by Gasteiger charge is 2.15. The van der Waals surface area contributed by atoms with E-state index in [1.165, 1.54) is 0 Å². The van der Waals surface area contributed by atoms with Gasteiger partial charge < -0.3 is 10.2 Å². The van der Waals surface area contributed by atoms with Crippen LogP contribution in [0, 0.1) is 0 Å². The van der Waals surface area contributed by atoms with Gasteiger partial charge in [-0.3, -0.25) is 4.79 Å². The number of pyridine rings is 1. The number of nitrogens with zero attached hydrogens (tertiary/aromatic N) is 2. The van der Waals surface area contributed by atoms with E-state index in [2.05, 4.69) is 38.0 Å². The van der Waals surface area contributed by atoms with Crippen molar-refractivity contribution < 1.29 is 4.79 Å². The van der Waals surface area contributed by atoms with Crippen LogP contribution in [0.3, 0.4) is 0 Å². The molecule has 0 atom stereocenters. The van der Waals surface area contributed by atoms with E-state index < -0.39 is 0 Å². The molecule has 0 saturated heterocycles. The van der Waals surface area contributed by atoms with Gasteiger partial charge in [-0.25, -0.2) is 4.98 Å². The van der Waals surface area contributed by atoms with Gasteiger partial charge in [0.15, 0.2) is 0 Å². The monoisotopic (exact) mass is 263 g/mol. The third kappa shape index (κ3) is 4.89. The van der Waals surface area contributed by atoms with E-state index >= 15 is 0 Å². The van der Waals surface area contributed by atoms with Crippen LogP contribution in [0.4, 0.5) is 5.69 Å². The first-order chi connectivity index (χ1) is 9.08. The molecule has 1 aromatic heterocycles. The number of carbonyl (C=O) groups is 1. The van der Waals surface area contributed by atoms with Gasteiger partial charge in [-0.15, -0.1) is 0 Å². The first-order valence-electron chi connectivity index (χ1n) is 7.10. The van der Waals surface area contributed by atoms with Gasteiger partial charge in [0.1, 0.15) is 5.69 Å². The zero-order chi connectivity index (χ0) is 14.3. The molecule has 0 unspecified atom stereocenters. The number of hydrogen-bond acceptors (Lipinski definition) is 3. The molecule has 0 spiro atoms. The molecule has 0 aliphatic carbocycles. The normalized spacial score (nSPS) is 10.6. The van der Waals surface area contributed by atoms with E-state index in [0.29, 0.717) is 11.7 Å². The first kappa shape index (κ1) is 15.5. The van der Waals surface area contributed by atoms with E-state index in [-0.39, 0.29) is 5.91 Å². The lowest BCUT2D eigenvalue weighted by Crippen LogP contribution is -2.33. The number of amides is 1. The lowest BCUT2D eigenvalue weighted by Gasteiger charge is -2.21. The van der Waals surface area contributed by atoms with Crippen LogP contribution in [0.5, 0.6) is 0 Å². The van der Waals surface area contributed by atoms with Gasteiger partial charge in [0.2, 0.25) is 0 Å². The van der Waals surface area contributed by atoms with E-state index in [1.807, 2.05) is 11.0 Å². The Bertz CT molecular complexity index is 381. The van der Waals surface area contributed by atoms with Gasteiger partial charge in [0.25, 0.3) is 5.91 Å². The maximum Gasteiger partial charge on any atom is 0.272 e. The van der Waals surface area contributed by atoms with Crippen LogP contribution in [-0.4, -0.2) is 34.9 Å². The molecule has 0 bridgehead atoms. The lowest BCUT2D eigenvalue weighted by atomic mass is 10.2. The Balaban J connectivity index is 2.75. The molecular formula is C15H25N3O. The highest BCUT2D eigenvalue weighted by Crippen LogP contribution is 2.10. The molecule has 1 rings (SSSR count). The quantitative estimate of drug-likeness (QED) is 0.822. The zero-order valence-corrected chi connectivity index (χ0v) is 12.4. The van der Waals surface area contributed by atoms with Crippen LogP contribution < -0.4 is 5.32 Å². The smallest absolute Gasteiger partial charge is 0.272 e. The number of rotatable bonds is 7. The lowest BCUT2D eigenvalue weighted by molar-refractivity contribution is 0.0750. The number of hydrogen-bond donors (Lipinski definition) is 1. The Morgan fingerprint density at radius 2 is 1.89 bits per heavy atom. The average Bonchev–Trinajstić information content (AvgIpc) is 2.38. The van der Waals surface area contributed by atoms with Crippen molar-refractivity contribution >= 4 is 11.6 Å². The van der Waals surface area contributed by atoms with Crippen molar-refractivity contribution in [3.63, 3.8) is 0 Å². The second kappa shape index (κ2) is 7.77. The van der Waals surface area contributed by atoms with E-state index in [9.17, 15) is 4.79 Å². The molecule has 1 heterocycles. The molecule has 1 N–H and O–H groups in total. The second-order valence-corrected chi connectivity index (χ2v) is 5.02. The number of nitrogens with one attached hydrogen (secondary N) is 1. The van der Waals surface area contributed by atoms with E-state index in [1.54, 1.807) is 12.3 Å². The summed E-state index contributed by atoms with van der Waals surface area (Å²) in [6.07, 6.45) is 3.67. The van der Waals surface area contributed by atoms with Gasteiger partial charge in [0, 0.05) is 19.1 Å². The molecule has 0 aromatic carbocycles. The molecule has 4 nitrogen and oxygen atoms in total. The summed E-state index contributed by atoms with van der Waals surface area (Å²) in [5, 5.41) is 3.26. The Morgan fingerprint density at radius 1 is 1.26 bits per heavy atom. The van der Waals surface area contributed by atoms with Gasteiger partial charge in [-0.2, -0.15) is 0 Å². The molecule has 1 amide bonds. The van der Waals surface area contributed by atoms with Crippen molar-refractivity contribution in [2.45, 2.75) is 46.6 Å². The van der Waals surface area contributed by atoms with Crippen LogP contribution in [0.25, 0.3) is 0 Å². The predicted octanol–water partition coefficient (Wildman–Crippen LogP) is 3.16. The third-order valence-corrected chi connectivity index (χ3v) is 2.71. The molecule has 106 valence electrons. The van der Waals surface area contributed by atoms with E-state index in [0.717, 1.165) is 31.6 Å². The summed E-state index contributed by atoms with van der Waals surface area (Å²) < 4.78 is 0. The fourth-order valence-electron chi connectivity index (χ4n) is 1.96. The van der Waals surface area contributed by atoms with Gasteiger partial charge in [0.05, 0.1) is 11.9 Å². The number of carbonyl (C=O) groups excluding carboxylic acids is 1. The third-order valence-electron chi connectivity index (χ3n) is 2.71. The summed E-state index contributed by atoms with van der Waals surface area (Å²) >= 11 is 0. The van der Waals surface area contributed by atoms with Crippen molar-refractivity contribution in [2.75, 3.05) is 18.4 Å². The Labute approximate surface area is 116 Å². The fourth-order valence-corrected chi connectivity index (χ4v) is 1.96. The molecule has 19 heavy (non-hydrogen) atoms. The van der Waals surface area contributed by atoms with Crippen molar-refractivity contribution in [1.29, 1.82) is 0 Å². The molecule has 0 aliphatic rings. The highest BCUT2D eigenvalue weighted by molar-refractivity contribution is 5.92. The maximum absolute atomic E-state index is 12.3. The summed E-state index contributed by atoms with van der Waals surface area (Å²) in [7, 11) is 0. The van der Waals surface area contributed by atoms with E-state index in [4.69, 9.17) is 0 Å². The average molecular weight is 263 g/mol. The molecule has 0 fully saturated rings. The summed E-state index contributed by atoms with van der Waals surface area (Å²) in [6, 6.07) is 4.07. The Kier molecular flexibility index (Phi) is 6.33. The SMILES string of the molecule is CCCN(CCC)C(=O)c1ccc(NC(C)C)cn1. The van der Waals surface area contributed by atoms with Crippen LogP contribution in [0.15, 0.2) is 18.3 Å². The summed E-state index contributed by atoms with van der Waals surface area (Å²) in [5.74, 6) is 0.0276. The predicted molar refractivity (Wildman–Crippen MR) is 79.5 cm³/mol. The van der Waals surface area contributed by atoms with Crippen molar-refractivity contribution in [3.8, 4) is 0 Å². The summed E-state index contributed by atoms with van der Waals surface area (Å²) in [4.78, 5) is 18.4. The highest BCUT2D eigenvalue weighted by atomic mass is 16.2. The van der Waals surface area contributed by atoms with Crippen molar-refractivity contribution in [1.82, 2.24) is 9.88 Å².